The van der Waals surface area contributed by atoms with Gasteiger partial charge in [0.15, 0.2) is 5.75 Å². The Morgan fingerprint density at radius 1 is 1.00 bits per heavy atom. The van der Waals surface area contributed by atoms with Crippen molar-refractivity contribution in [3.63, 3.8) is 0 Å². The van der Waals surface area contributed by atoms with Gasteiger partial charge in [-0.1, -0.05) is 32.9 Å². The number of carbonyl (C=O) groups is 2. The second-order valence-electron chi connectivity index (χ2n) is 10.7. The highest BCUT2D eigenvalue weighted by Gasteiger charge is 2.31. The number of alkyl halides is 3. The molecule has 0 aliphatic heterocycles. The summed E-state index contributed by atoms with van der Waals surface area (Å²) in [5.74, 6) is -1.04. The van der Waals surface area contributed by atoms with Crippen LogP contribution in [-0.4, -0.2) is 36.9 Å². The van der Waals surface area contributed by atoms with E-state index in [0.29, 0.717) is 28.8 Å². The quantitative estimate of drug-likeness (QED) is 0.284. The van der Waals surface area contributed by atoms with Crippen molar-refractivity contribution in [2.75, 3.05) is 13.7 Å². The first-order chi connectivity index (χ1) is 19.1. The Labute approximate surface area is 235 Å². The molecule has 1 amide bonds. The Morgan fingerprint density at radius 3 is 2.20 bits per heavy atom. The van der Waals surface area contributed by atoms with Crippen LogP contribution in [0.4, 0.5) is 13.2 Å². The molecule has 1 unspecified atom stereocenters. The van der Waals surface area contributed by atoms with Gasteiger partial charge in [-0.15, -0.1) is 13.2 Å². The smallest absolute Gasteiger partial charge is 0.480 e. The van der Waals surface area contributed by atoms with E-state index in [9.17, 15) is 27.6 Å². The van der Waals surface area contributed by atoms with Gasteiger partial charge in [-0.05, 0) is 77.9 Å². The van der Waals surface area contributed by atoms with Crippen molar-refractivity contribution in [1.82, 2.24) is 10.3 Å². The molecule has 2 N–H and O–H groups in total. The van der Waals surface area contributed by atoms with E-state index in [1.807, 2.05) is 20.8 Å². The summed E-state index contributed by atoms with van der Waals surface area (Å²) in [5.41, 5.74) is 2.09. The number of amides is 1. The molecule has 0 aliphatic rings. The number of aromatic amines is 1. The minimum atomic E-state index is -4.80. The summed E-state index contributed by atoms with van der Waals surface area (Å²) in [4.78, 5) is 39.5. The highest BCUT2D eigenvalue weighted by molar-refractivity contribution is 5.94. The number of hydrogen-bond acceptors (Lipinski definition) is 6. The van der Waals surface area contributed by atoms with Crippen LogP contribution in [0.5, 0.6) is 11.5 Å². The summed E-state index contributed by atoms with van der Waals surface area (Å²) >= 11 is 0. The molecule has 3 rings (SSSR count). The van der Waals surface area contributed by atoms with Gasteiger partial charge in [0, 0.05) is 12.1 Å². The average Bonchev–Trinajstić information content (AvgIpc) is 2.89. The van der Waals surface area contributed by atoms with Gasteiger partial charge in [0.25, 0.3) is 11.5 Å². The van der Waals surface area contributed by atoms with Crippen molar-refractivity contribution >= 4 is 11.9 Å². The van der Waals surface area contributed by atoms with Crippen LogP contribution in [0.15, 0.2) is 59.4 Å². The standard InChI is InChI=1S/C30H33F3N2O6/c1-18-16-23(28(38)35-26(18)20-10-12-22(13-11-20)41-30(31,32)33)40-24(17-29(2,3)4)19-6-8-21(9-7-19)27(37)34-15-14-25(36)39-5/h6-13,16,24H,14-15,17H2,1-5H3,(H,34,37)(H,35,38). The topological polar surface area (TPSA) is 107 Å². The van der Waals surface area contributed by atoms with Gasteiger partial charge in [0.05, 0.1) is 19.2 Å². The third-order valence-electron chi connectivity index (χ3n) is 6.03. The van der Waals surface area contributed by atoms with Gasteiger partial charge in [-0.3, -0.25) is 14.4 Å². The molecule has 220 valence electrons. The van der Waals surface area contributed by atoms with Gasteiger partial charge in [-0.2, -0.15) is 0 Å². The maximum Gasteiger partial charge on any atom is 0.573 e. The van der Waals surface area contributed by atoms with Crippen molar-refractivity contribution < 1.29 is 37.0 Å². The minimum Gasteiger partial charge on any atom is -0.480 e. The van der Waals surface area contributed by atoms with E-state index in [1.165, 1.54) is 31.4 Å². The summed E-state index contributed by atoms with van der Waals surface area (Å²) in [5, 5.41) is 2.66. The van der Waals surface area contributed by atoms with E-state index in [-0.39, 0.29) is 35.8 Å². The fraction of sp³-hybridized carbons (Fsp3) is 0.367. The Kier molecular flexibility index (Phi) is 9.85. The van der Waals surface area contributed by atoms with E-state index in [1.54, 1.807) is 37.3 Å². The zero-order valence-corrected chi connectivity index (χ0v) is 23.5. The van der Waals surface area contributed by atoms with Gasteiger partial charge >= 0.3 is 12.3 Å². The van der Waals surface area contributed by atoms with E-state index >= 15 is 0 Å². The van der Waals surface area contributed by atoms with E-state index in [0.717, 1.165) is 5.56 Å². The van der Waals surface area contributed by atoms with E-state index < -0.39 is 24.0 Å². The van der Waals surface area contributed by atoms with Gasteiger partial charge in [-0.25, -0.2) is 0 Å². The molecule has 8 nitrogen and oxygen atoms in total. The highest BCUT2D eigenvalue weighted by atomic mass is 19.4. The molecular formula is C30H33F3N2O6. The van der Waals surface area contributed by atoms with Crippen LogP contribution < -0.4 is 20.3 Å². The molecule has 1 heterocycles. The van der Waals surface area contributed by atoms with Crippen molar-refractivity contribution in [2.24, 2.45) is 5.41 Å². The van der Waals surface area contributed by atoms with E-state index in [4.69, 9.17) is 4.74 Å². The lowest BCUT2D eigenvalue weighted by molar-refractivity contribution is -0.274. The Hall–Kier alpha value is -4.28. The van der Waals surface area contributed by atoms with Crippen LogP contribution in [0.2, 0.25) is 0 Å². The fourth-order valence-corrected chi connectivity index (χ4v) is 4.09. The molecular weight excluding hydrogens is 541 g/mol. The van der Waals surface area contributed by atoms with Crippen molar-refractivity contribution in [3.05, 3.63) is 81.6 Å². The molecule has 0 spiro atoms. The zero-order valence-electron chi connectivity index (χ0n) is 23.5. The second-order valence-corrected chi connectivity index (χ2v) is 10.7. The third-order valence-corrected chi connectivity index (χ3v) is 6.03. The third kappa shape index (κ3) is 9.40. The SMILES string of the molecule is COC(=O)CCNC(=O)c1ccc(C(CC(C)(C)C)Oc2cc(C)c(-c3ccc(OC(F)(F)F)cc3)[nH]c2=O)cc1. The average molecular weight is 575 g/mol. The second kappa shape index (κ2) is 12.9. The number of hydrogen-bond donors (Lipinski definition) is 2. The monoisotopic (exact) mass is 574 g/mol. The summed E-state index contributed by atoms with van der Waals surface area (Å²) in [6, 6.07) is 13.6. The molecule has 0 fully saturated rings. The molecule has 0 saturated heterocycles. The van der Waals surface area contributed by atoms with Crippen LogP contribution in [0.1, 0.15) is 61.2 Å². The number of H-pyrrole nitrogens is 1. The number of rotatable bonds is 10. The Morgan fingerprint density at radius 2 is 1.63 bits per heavy atom. The molecule has 1 aromatic heterocycles. The van der Waals surface area contributed by atoms with Crippen LogP contribution >= 0.6 is 0 Å². The van der Waals surface area contributed by atoms with Crippen LogP contribution in [0.25, 0.3) is 11.3 Å². The number of benzene rings is 2. The van der Waals surface area contributed by atoms with E-state index in [2.05, 4.69) is 19.8 Å². The molecule has 11 heteroatoms. The molecule has 0 bridgehead atoms. The lowest BCUT2D eigenvalue weighted by atomic mass is 9.86. The summed E-state index contributed by atoms with van der Waals surface area (Å²) in [7, 11) is 1.28. The first-order valence-electron chi connectivity index (χ1n) is 12.9. The van der Waals surface area contributed by atoms with Gasteiger partial charge in [0.2, 0.25) is 0 Å². The van der Waals surface area contributed by atoms with Crippen LogP contribution in [-0.2, 0) is 9.53 Å². The van der Waals surface area contributed by atoms with Crippen molar-refractivity contribution in [1.29, 1.82) is 0 Å². The van der Waals surface area contributed by atoms with Crippen molar-refractivity contribution in [2.45, 2.75) is 53.0 Å². The predicted molar refractivity (Wildman–Crippen MR) is 147 cm³/mol. The number of nitrogens with one attached hydrogen (secondary N) is 2. The normalized spacial score (nSPS) is 12.4. The first-order valence-corrected chi connectivity index (χ1v) is 12.9. The van der Waals surface area contributed by atoms with Gasteiger partial charge in [0.1, 0.15) is 11.9 Å². The number of methoxy groups -OCH3 is 1. The lowest BCUT2D eigenvalue weighted by Crippen LogP contribution is -2.26. The molecule has 0 radical (unpaired) electrons. The molecule has 0 aliphatic carbocycles. The van der Waals surface area contributed by atoms with Crippen LogP contribution in [0, 0.1) is 12.3 Å². The number of esters is 1. The number of aryl methyl sites for hydroxylation is 1. The molecule has 41 heavy (non-hydrogen) atoms. The Bertz CT molecular complexity index is 1410. The lowest BCUT2D eigenvalue weighted by Gasteiger charge is -2.27. The largest absolute Gasteiger partial charge is 0.573 e. The summed E-state index contributed by atoms with van der Waals surface area (Å²) in [6.07, 6.45) is -4.70. The molecule has 0 saturated carbocycles. The highest BCUT2D eigenvalue weighted by Crippen LogP contribution is 2.34. The zero-order chi connectivity index (χ0) is 30.4. The molecule has 3 aromatic rings. The summed E-state index contributed by atoms with van der Waals surface area (Å²) < 4.78 is 52.1. The number of halogens is 3. The Balaban J connectivity index is 1.81. The molecule has 1 atom stereocenters. The first kappa shape index (κ1) is 31.3. The number of aromatic nitrogens is 1. The van der Waals surface area contributed by atoms with Gasteiger partial charge < -0.3 is 24.5 Å². The molecule has 2 aromatic carbocycles. The van der Waals surface area contributed by atoms with Crippen molar-refractivity contribution in [3.8, 4) is 22.8 Å². The number of carbonyl (C=O) groups excluding carboxylic acids is 2. The number of ether oxygens (including phenoxy) is 3. The minimum absolute atomic E-state index is 0.0619. The maximum absolute atomic E-state index is 13.0. The summed E-state index contributed by atoms with van der Waals surface area (Å²) in [6.45, 7) is 8.02. The maximum atomic E-state index is 13.0. The fourth-order valence-electron chi connectivity index (χ4n) is 4.09. The number of pyridine rings is 1. The van der Waals surface area contributed by atoms with Crippen LogP contribution in [0.3, 0.4) is 0 Å². The predicted octanol–water partition coefficient (Wildman–Crippen LogP) is 6.10.